The van der Waals surface area contributed by atoms with Crippen molar-refractivity contribution in [3.63, 3.8) is 0 Å². The zero-order valence-corrected chi connectivity index (χ0v) is 13.3. The van der Waals surface area contributed by atoms with E-state index in [0.717, 1.165) is 11.1 Å². The Labute approximate surface area is 138 Å². The van der Waals surface area contributed by atoms with Crippen molar-refractivity contribution in [2.75, 3.05) is 0 Å². The number of primary sulfonamides is 1. The summed E-state index contributed by atoms with van der Waals surface area (Å²) in [5.41, 5.74) is 2.86. The van der Waals surface area contributed by atoms with E-state index in [4.69, 9.17) is 15.4 Å². The molecule has 8 heteroatoms. The maximum atomic E-state index is 11.3. The summed E-state index contributed by atoms with van der Waals surface area (Å²) in [5.74, 6) is 6.17. The van der Waals surface area contributed by atoms with Gasteiger partial charge in [-0.15, -0.1) is 0 Å². The number of benzene rings is 2. The number of hydrogen-bond acceptors (Lipinski definition) is 6. The Balaban J connectivity index is 1.92. The lowest BCUT2D eigenvalue weighted by Gasteiger charge is -2.07. The number of nitrogens with two attached hydrogens (primary N) is 2. The van der Waals surface area contributed by atoms with E-state index >= 15 is 0 Å². The van der Waals surface area contributed by atoms with Crippen LogP contribution in [0.15, 0.2) is 75.5 Å². The largest absolute Gasteiger partial charge is 0.444 e. The minimum absolute atomic E-state index is 0.0308. The maximum Gasteiger partial charge on any atom is 0.238 e. The van der Waals surface area contributed by atoms with E-state index in [1.54, 1.807) is 18.3 Å². The summed E-state index contributed by atoms with van der Waals surface area (Å²) in [4.78, 5) is 3.91. The Morgan fingerprint density at radius 1 is 1.00 bits per heavy atom. The minimum atomic E-state index is -3.73. The normalized spacial score (nSPS) is 12.3. The molecule has 0 saturated carbocycles. The van der Waals surface area contributed by atoms with Gasteiger partial charge in [-0.25, -0.2) is 18.5 Å². The van der Waals surface area contributed by atoms with E-state index in [9.17, 15) is 8.42 Å². The molecule has 2 aromatic carbocycles. The van der Waals surface area contributed by atoms with Crippen molar-refractivity contribution < 1.29 is 12.8 Å². The van der Waals surface area contributed by atoms with Gasteiger partial charge in [0.05, 0.1) is 16.8 Å². The highest BCUT2D eigenvalue weighted by Gasteiger charge is 2.11. The van der Waals surface area contributed by atoms with Crippen molar-refractivity contribution >= 4 is 15.7 Å². The van der Waals surface area contributed by atoms with Crippen LogP contribution in [0, 0.1) is 0 Å². The summed E-state index contributed by atoms with van der Waals surface area (Å²) >= 11 is 0. The molecule has 24 heavy (non-hydrogen) atoms. The Hall–Kier alpha value is -2.97. The van der Waals surface area contributed by atoms with Crippen molar-refractivity contribution in [2.24, 2.45) is 16.1 Å². The van der Waals surface area contributed by atoms with Crippen LogP contribution in [0.1, 0.15) is 11.1 Å². The van der Waals surface area contributed by atoms with Gasteiger partial charge in [0, 0.05) is 16.7 Å². The Bertz CT molecular complexity index is 961. The van der Waals surface area contributed by atoms with Crippen LogP contribution in [0.5, 0.6) is 0 Å². The highest BCUT2D eigenvalue weighted by molar-refractivity contribution is 7.89. The number of sulfonamides is 1. The molecular weight excluding hydrogens is 328 g/mol. The molecule has 0 spiro atoms. The second-order valence-corrected chi connectivity index (χ2v) is 6.55. The number of oxazole rings is 1. The van der Waals surface area contributed by atoms with Crippen molar-refractivity contribution in [1.82, 2.24) is 4.98 Å². The molecule has 3 rings (SSSR count). The van der Waals surface area contributed by atoms with Gasteiger partial charge in [0.25, 0.3) is 0 Å². The van der Waals surface area contributed by atoms with Gasteiger partial charge in [-0.1, -0.05) is 36.4 Å². The van der Waals surface area contributed by atoms with Crippen LogP contribution in [0.4, 0.5) is 0 Å². The first kappa shape index (κ1) is 15.9. The van der Waals surface area contributed by atoms with Crippen LogP contribution < -0.4 is 11.0 Å². The Kier molecular flexibility index (Phi) is 4.15. The molecule has 0 atom stereocenters. The van der Waals surface area contributed by atoms with Crippen LogP contribution in [-0.2, 0) is 10.0 Å². The van der Waals surface area contributed by atoms with Crippen LogP contribution in [-0.4, -0.2) is 19.1 Å². The number of aromatic nitrogens is 1. The van der Waals surface area contributed by atoms with Crippen molar-refractivity contribution in [2.45, 2.75) is 4.90 Å². The molecular formula is C16H14N4O3S. The van der Waals surface area contributed by atoms with Gasteiger partial charge >= 0.3 is 0 Å². The predicted molar refractivity (Wildman–Crippen MR) is 89.6 cm³/mol. The monoisotopic (exact) mass is 342 g/mol. The second kappa shape index (κ2) is 6.26. The minimum Gasteiger partial charge on any atom is -0.444 e. The molecule has 1 heterocycles. The molecule has 3 aromatic rings. The van der Waals surface area contributed by atoms with Crippen molar-refractivity contribution in [3.8, 4) is 11.3 Å². The molecule has 0 amide bonds. The summed E-state index contributed by atoms with van der Waals surface area (Å²) in [6.45, 7) is 0. The SMILES string of the molecule is N/N=C(/c1ccc(-c2cnco2)cc1)c1ccc(S(N)(=O)=O)cc1. The molecule has 0 saturated heterocycles. The fraction of sp³-hybridized carbons (Fsp3) is 0. The van der Waals surface area contributed by atoms with Crippen LogP contribution in [0.25, 0.3) is 11.3 Å². The fourth-order valence-corrected chi connectivity index (χ4v) is 2.78. The molecule has 0 aliphatic carbocycles. The number of rotatable bonds is 4. The third kappa shape index (κ3) is 3.19. The fourth-order valence-electron chi connectivity index (χ4n) is 2.27. The topological polar surface area (TPSA) is 125 Å². The van der Waals surface area contributed by atoms with E-state index in [1.165, 1.54) is 18.5 Å². The first-order valence-corrected chi connectivity index (χ1v) is 8.44. The van der Waals surface area contributed by atoms with E-state index in [0.29, 0.717) is 17.0 Å². The van der Waals surface area contributed by atoms with Crippen LogP contribution in [0.2, 0.25) is 0 Å². The van der Waals surface area contributed by atoms with E-state index in [2.05, 4.69) is 10.1 Å². The lowest BCUT2D eigenvalue weighted by Crippen LogP contribution is -2.13. The average molecular weight is 342 g/mol. The highest BCUT2D eigenvalue weighted by Crippen LogP contribution is 2.21. The molecule has 0 bridgehead atoms. The molecule has 0 unspecified atom stereocenters. The van der Waals surface area contributed by atoms with E-state index in [-0.39, 0.29) is 4.90 Å². The van der Waals surface area contributed by atoms with Gasteiger partial charge in [0.1, 0.15) is 0 Å². The first-order chi connectivity index (χ1) is 11.5. The zero-order valence-electron chi connectivity index (χ0n) is 12.5. The molecule has 1 aromatic heterocycles. The number of nitrogens with zero attached hydrogens (tertiary/aromatic N) is 2. The third-order valence-corrected chi connectivity index (χ3v) is 4.39. The lowest BCUT2D eigenvalue weighted by molar-refractivity contribution is 0.572. The number of hydrogen-bond donors (Lipinski definition) is 2. The molecule has 0 fully saturated rings. The summed E-state index contributed by atoms with van der Waals surface area (Å²) in [6, 6.07) is 13.5. The molecule has 0 radical (unpaired) electrons. The average Bonchev–Trinajstić information content (AvgIpc) is 3.10. The van der Waals surface area contributed by atoms with Gasteiger partial charge in [0.15, 0.2) is 12.2 Å². The summed E-state index contributed by atoms with van der Waals surface area (Å²) < 4.78 is 27.9. The lowest BCUT2D eigenvalue weighted by atomic mass is 10.0. The molecule has 4 N–H and O–H groups in total. The molecule has 122 valence electrons. The highest BCUT2D eigenvalue weighted by atomic mass is 32.2. The summed E-state index contributed by atoms with van der Waals surface area (Å²) in [6.07, 6.45) is 2.99. The van der Waals surface area contributed by atoms with Gasteiger partial charge in [-0.2, -0.15) is 5.10 Å². The molecule has 0 aliphatic heterocycles. The maximum absolute atomic E-state index is 11.3. The van der Waals surface area contributed by atoms with Crippen molar-refractivity contribution in [3.05, 3.63) is 72.2 Å². The van der Waals surface area contributed by atoms with Gasteiger partial charge in [0.2, 0.25) is 10.0 Å². The van der Waals surface area contributed by atoms with Gasteiger partial charge in [-0.05, 0) is 12.1 Å². The first-order valence-electron chi connectivity index (χ1n) is 6.89. The summed E-state index contributed by atoms with van der Waals surface area (Å²) in [7, 11) is -3.73. The van der Waals surface area contributed by atoms with Gasteiger partial charge in [-0.3, -0.25) is 0 Å². The van der Waals surface area contributed by atoms with Crippen LogP contribution in [0.3, 0.4) is 0 Å². The predicted octanol–water partition coefficient (Wildman–Crippen LogP) is 1.70. The number of hydrazone groups is 1. The molecule has 0 aliphatic rings. The Morgan fingerprint density at radius 3 is 2.04 bits per heavy atom. The Morgan fingerprint density at radius 2 is 1.58 bits per heavy atom. The second-order valence-electron chi connectivity index (χ2n) is 4.99. The molecule has 7 nitrogen and oxygen atoms in total. The summed E-state index contributed by atoms with van der Waals surface area (Å²) in [5, 5.41) is 8.91. The smallest absolute Gasteiger partial charge is 0.238 e. The van der Waals surface area contributed by atoms with Gasteiger partial charge < -0.3 is 10.3 Å². The zero-order chi connectivity index (χ0) is 17.2. The van der Waals surface area contributed by atoms with Crippen LogP contribution >= 0.6 is 0 Å². The van der Waals surface area contributed by atoms with E-state index in [1.807, 2.05) is 24.3 Å². The standard InChI is InChI=1S/C16H14N4O3S/c17-20-16(13-5-7-14(8-6-13)24(18,21)22)12-3-1-11(2-4-12)15-9-19-10-23-15/h1-10H,17H2,(H2,18,21,22)/b20-16-. The quantitative estimate of drug-likeness (QED) is 0.424. The third-order valence-electron chi connectivity index (χ3n) is 3.46. The van der Waals surface area contributed by atoms with Crippen molar-refractivity contribution in [1.29, 1.82) is 0 Å². The van der Waals surface area contributed by atoms with E-state index < -0.39 is 10.0 Å².